The van der Waals surface area contributed by atoms with Crippen molar-refractivity contribution in [1.29, 1.82) is 0 Å². The predicted molar refractivity (Wildman–Crippen MR) is 51.2 cm³/mol. The van der Waals surface area contributed by atoms with Gasteiger partial charge in [0.15, 0.2) is 0 Å². The number of aromatic hydroxyl groups is 1. The first-order chi connectivity index (χ1) is 6.16. The van der Waals surface area contributed by atoms with Crippen LogP contribution in [-0.2, 0) is 6.42 Å². The SMILES string of the molecule is OCCCc1c(O)ccc(Br)c1F. The molecule has 1 aromatic carbocycles. The Hall–Kier alpha value is -0.610. The Kier molecular flexibility index (Phi) is 3.69. The summed E-state index contributed by atoms with van der Waals surface area (Å²) in [6.07, 6.45) is 0.786. The number of rotatable bonds is 3. The summed E-state index contributed by atoms with van der Waals surface area (Å²) in [5, 5.41) is 17.9. The molecule has 0 aliphatic rings. The number of halogens is 2. The van der Waals surface area contributed by atoms with Gasteiger partial charge in [0.1, 0.15) is 11.6 Å². The highest BCUT2D eigenvalue weighted by Crippen LogP contribution is 2.27. The molecule has 1 rings (SSSR count). The number of hydrogen-bond acceptors (Lipinski definition) is 2. The van der Waals surface area contributed by atoms with E-state index in [2.05, 4.69) is 15.9 Å². The zero-order valence-electron chi connectivity index (χ0n) is 6.93. The Morgan fingerprint density at radius 1 is 1.38 bits per heavy atom. The number of aliphatic hydroxyl groups excluding tert-OH is 1. The molecule has 0 unspecified atom stereocenters. The van der Waals surface area contributed by atoms with E-state index >= 15 is 0 Å². The average molecular weight is 249 g/mol. The Bertz CT molecular complexity index is 302. The minimum absolute atomic E-state index is 0.00854. The second-order valence-electron chi connectivity index (χ2n) is 2.69. The van der Waals surface area contributed by atoms with Crippen LogP contribution in [0.3, 0.4) is 0 Å². The van der Waals surface area contributed by atoms with Crippen LogP contribution >= 0.6 is 15.9 Å². The Labute approximate surface area is 84.1 Å². The fraction of sp³-hybridized carbons (Fsp3) is 0.333. The van der Waals surface area contributed by atoms with E-state index in [1.807, 2.05) is 0 Å². The molecule has 0 aliphatic heterocycles. The van der Waals surface area contributed by atoms with E-state index in [4.69, 9.17) is 5.11 Å². The quantitative estimate of drug-likeness (QED) is 0.862. The largest absolute Gasteiger partial charge is 0.508 e. The van der Waals surface area contributed by atoms with Gasteiger partial charge in [0, 0.05) is 12.2 Å². The molecule has 0 aromatic heterocycles. The molecule has 2 N–H and O–H groups in total. The molecular weight excluding hydrogens is 239 g/mol. The van der Waals surface area contributed by atoms with Crippen LogP contribution in [0.1, 0.15) is 12.0 Å². The van der Waals surface area contributed by atoms with Gasteiger partial charge in [0.25, 0.3) is 0 Å². The zero-order chi connectivity index (χ0) is 9.84. The monoisotopic (exact) mass is 248 g/mol. The van der Waals surface area contributed by atoms with Crippen molar-refractivity contribution in [2.45, 2.75) is 12.8 Å². The van der Waals surface area contributed by atoms with E-state index in [1.165, 1.54) is 12.1 Å². The smallest absolute Gasteiger partial charge is 0.144 e. The summed E-state index contributed by atoms with van der Waals surface area (Å²) >= 11 is 3.02. The van der Waals surface area contributed by atoms with Gasteiger partial charge in [0.2, 0.25) is 0 Å². The normalized spacial score (nSPS) is 10.4. The summed E-state index contributed by atoms with van der Waals surface area (Å²) in [5.74, 6) is -0.511. The van der Waals surface area contributed by atoms with E-state index in [9.17, 15) is 9.50 Å². The summed E-state index contributed by atoms with van der Waals surface area (Å²) < 4.78 is 13.6. The van der Waals surface area contributed by atoms with Crippen LogP contribution in [0.4, 0.5) is 4.39 Å². The van der Waals surface area contributed by atoms with Gasteiger partial charge in [-0.05, 0) is 40.9 Å². The van der Waals surface area contributed by atoms with Crippen molar-refractivity contribution < 1.29 is 14.6 Å². The molecule has 0 aliphatic carbocycles. The minimum Gasteiger partial charge on any atom is -0.508 e. The van der Waals surface area contributed by atoms with Gasteiger partial charge in [-0.15, -0.1) is 0 Å². The molecule has 1 aromatic rings. The van der Waals surface area contributed by atoms with Crippen LogP contribution in [0.5, 0.6) is 5.75 Å². The number of phenols is 1. The number of benzene rings is 1. The van der Waals surface area contributed by atoms with Gasteiger partial charge in [-0.25, -0.2) is 4.39 Å². The maximum atomic E-state index is 13.3. The molecule has 13 heavy (non-hydrogen) atoms. The standard InChI is InChI=1S/C9H10BrFO2/c10-7-3-4-8(13)6(9(7)11)2-1-5-12/h3-4,12-13H,1-2,5H2. The topological polar surface area (TPSA) is 40.5 Å². The highest BCUT2D eigenvalue weighted by Gasteiger charge is 2.10. The fourth-order valence-electron chi connectivity index (χ4n) is 1.08. The van der Waals surface area contributed by atoms with E-state index in [-0.39, 0.29) is 17.9 Å². The van der Waals surface area contributed by atoms with E-state index in [0.717, 1.165) is 0 Å². The van der Waals surface area contributed by atoms with Crippen molar-refractivity contribution in [2.75, 3.05) is 6.61 Å². The fourth-order valence-corrected chi connectivity index (χ4v) is 1.45. The van der Waals surface area contributed by atoms with E-state index in [1.54, 1.807) is 0 Å². The Morgan fingerprint density at radius 3 is 2.69 bits per heavy atom. The Balaban J connectivity index is 2.96. The second-order valence-corrected chi connectivity index (χ2v) is 3.54. The first-order valence-electron chi connectivity index (χ1n) is 3.93. The lowest BCUT2D eigenvalue weighted by atomic mass is 10.1. The summed E-state index contributed by atoms with van der Waals surface area (Å²) in [5.41, 5.74) is 0.253. The van der Waals surface area contributed by atoms with E-state index < -0.39 is 5.82 Å². The third kappa shape index (κ3) is 2.42. The number of phenolic OH excluding ortho intramolecular Hbond substituents is 1. The van der Waals surface area contributed by atoms with Crippen LogP contribution in [0, 0.1) is 5.82 Å². The van der Waals surface area contributed by atoms with Gasteiger partial charge in [-0.1, -0.05) is 0 Å². The van der Waals surface area contributed by atoms with Crippen molar-refractivity contribution in [3.63, 3.8) is 0 Å². The van der Waals surface area contributed by atoms with Gasteiger partial charge in [-0.2, -0.15) is 0 Å². The van der Waals surface area contributed by atoms with Crippen LogP contribution < -0.4 is 0 Å². The lowest BCUT2D eigenvalue weighted by Crippen LogP contribution is -1.95. The number of aliphatic hydroxyl groups is 1. The molecule has 2 nitrogen and oxygen atoms in total. The van der Waals surface area contributed by atoms with Gasteiger partial charge in [-0.3, -0.25) is 0 Å². The van der Waals surface area contributed by atoms with Crippen molar-refractivity contribution in [2.24, 2.45) is 0 Å². The van der Waals surface area contributed by atoms with E-state index in [0.29, 0.717) is 17.3 Å². The maximum absolute atomic E-state index is 13.3. The third-order valence-corrected chi connectivity index (χ3v) is 2.37. The molecule has 0 saturated carbocycles. The summed E-state index contributed by atoms with van der Waals surface area (Å²) in [4.78, 5) is 0. The zero-order valence-corrected chi connectivity index (χ0v) is 8.51. The summed E-state index contributed by atoms with van der Waals surface area (Å²) in [6.45, 7) is -0.00854. The predicted octanol–water partition coefficient (Wildman–Crippen LogP) is 2.22. The minimum atomic E-state index is -0.451. The highest BCUT2D eigenvalue weighted by atomic mass is 79.9. The van der Waals surface area contributed by atoms with Crippen LogP contribution in [0.25, 0.3) is 0 Å². The maximum Gasteiger partial charge on any atom is 0.144 e. The van der Waals surface area contributed by atoms with Crippen LogP contribution in [0.2, 0.25) is 0 Å². The molecule has 0 amide bonds. The van der Waals surface area contributed by atoms with Crippen LogP contribution in [0.15, 0.2) is 16.6 Å². The molecular formula is C9H10BrFO2. The van der Waals surface area contributed by atoms with Crippen LogP contribution in [-0.4, -0.2) is 16.8 Å². The molecule has 0 atom stereocenters. The molecule has 72 valence electrons. The van der Waals surface area contributed by atoms with Gasteiger partial charge < -0.3 is 10.2 Å². The van der Waals surface area contributed by atoms with Crippen molar-refractivity contribution in [3.05, 3.63) is 28.0 Å². The summed E-state index contributed by atoms with van der Waals surface area (Å²) in [7, 11) is 0. The van der Waals surface area contributed by atoms with Crippen molar-refractivity contribution >= 4 is 15.9 Å². The average Bonchev–Trinajstić information content (AvgIpc) is 2.12. The molecule has 0 radical (unpaired) electrons. The Morgan fingerprint density at radius 2 is 2.08 bits per heavy atom. The molecule has 0 saturated heterocycles. The first-order valence-corrected chi connectivity index (χ1v) is 4.73. The van der Waals surface area contributed by atoms with Crippen molar-refractivity contribution in [3.8, 4) is 5.75 Å². The molecule has 0 spiro atoms. The lowest BCUT2D eigenvalue weighted by Gasteiger charge is -2.05. The molecule has 0 heterocycles. The molecule has 4 heteroatoms. The first kappa shape index (κ1) is 10.5. The van der Waals surface area contributed by atoms with Gasteiger partial charge in [0.05, 0.1) is 4.47 Å². The second kappa shape index (κ2) is 4.58. The summed E-state index contributed by atoms with van der Waals surface area (Å²) in [6, 6.07) is 2.88. The number of hydrogen-bond donors (Lipinski definition) is 2. The lowest BCUT2D eigenvalue weighted by molar-refractivity contribution is 0.287. The highest BCUT2D eigenvalue weighted by molar-refractivity contribution is 9.10. The van der Waals surface area contributed by atoms with Gasteiger partial charge >= 0.3 is 0 Å². The van der Waals surface area contributed by atoms with Crippen molar-refractivity contribution in [1.82, 2.24) is 0 Å². The third-order valence-electron chi connectivity index (χ3n) is 1.76. The molecule has 0 bridgehead atoms. The molecule has 0 fully saturated rings.